The molecule has 0 amide bonds. The van der Waals surface area contributed by atoms with Crippen LogP contribution < -0.4 is 0 Å². The molecule has 0 heterocycles. The first kappa shape index (κ1) is 14.5. The summed E-state index contributed by atoms with van der Waals surface area (Å²) in [6.45, 7) is 5.99. The van der Waals surface area contributed by atoms with Crippen LogP contribution in [0.4, 0.5) is 0 Å². The van der Waals surface area contributed by atoms with Crippen LogP contribution in [0.2, 0.25) is 0 Å². The van der Waals surface area contributed by atoms with Gasteiger partial charge in [-0.1, -0.05) is 17.3 Å². The Morgan fingerprint density at radius 1 is 1.27 bits per heavy atom. The van der Waals surface area contributed by atoms with Gasteiger partial charge in [-0.05, 0) is 6.42 Å². The van der Waals surface area contributed by atoms with Gasteiger partial charge in [0, 0.05) is 6.61 Å². The van der Waals surface area contributed by atoms with Crippen molar-refractivity contribution in [1.29, 1.82) is 0 Å². The molecule has 0 aliphatic rings. The van der Waals surface area contributed by atoms with E-state index < -0.39 is 10.4 Å². The molecule has 0 aromatic carbocycles. The maximum atomic E-state index is 10.8. The molecule has 0 saturated heterocycles. The first-order valence-corrected chi connectivity index (χ1v) is 5.84. The zero-order valence-electron chi connectivity index (χ0n) is 8.68. The molecule has 0 aromatic rings. The third-order valence-corrected chi connectivity index (χ3v) is 1.81. The lowest BCUT2D eigenvalue weighted by molar-refractivity contribution is -0.217. The Kier molecular flexibility index (Phi) is 8.53. The van der Waals surface area contributed by atoms with Gasteiger partial charge in [0.25, 0.3) is 0 Å². The van der Waals surface area contributed by atoms with Crippen molar-refractivity contribution < 1.29 is 26.6 Å². The highest BCUT2D eigenvalue weighted by Crippen LogP contribution is 1.96. The highest BCUT2D eigenvalue weighted by Gasteiger charge is 2.11. The van der Waals surface area contributed by atoms with Crippen molar-refractivity contribution in [3.05, 3.63) is 12.7 Å². The number of rotatable bonds is 10. The van der Waals surface area contributed by atoms with E-state index in [-0.39, 0.29) is 19.8 Å². The minimum absolute atomic E-state index is 0.0245. The first-order chi connectivity index (χ1) is 7.12. The fourth-order valence-electron chi connectivity index (χ4n) is 0.583. The molecule has 0 fully saturated rings. The Morgan fingerprint density at radius 3 is 2.60 bits per heavy atom. The summed E-state index contributed by atoms with van der Waals surface area (Å²) in [5, 5.41) is 0. The second kappa shape index (κ2) is 8.81. The van der Waals surface area contributed by atoms with Gasteiger partial charge in [0.2, 0.25) is 0 Å². The Morgan fingerprint density at radius 2 is 2.00 bits per heavy atom. The van der Waals surface area contributed by atoms with E-state index in [0.717, 1.165) is 6.42 Å². The van der Waals surface area contributed by atoms with E-state index in [1.807, 2.05) is 6.92 Å². The van der Waals surface area contributed by atoms with Gasteiger partial charge in [0.15, 0.2) is 0 Å². The van der Waals surface area contributed by atoms with E-state index in [2.05, 4.69) is 20.0 Å². The van der Waals surface area contributed by atoms with Crippen LogP contribution >= 0.6 is 0 Å². The van der Waals surface area contributed by atoms with E-state index in [4.69, 9.17) is 4.74 Å². The van der Waals surface area contributed by atoms with Crippen LogP contribution in [-0.4, -0.2) is 34.8 Å². The highest BCUT2D eigenvalue weighted by molar-refractivity contribution is 7.81. The number of ether oxygens (including phenoxy) is 1. The third kappa shape index (κ3) is 9.83. The van der Waals surface area contributed by atoms with Crippen molar-refractivity contribution in [2.75, 3.05) is 26.4 Å². The molecular formula is C8H16O6S. The summed E-state index contributed by atoms with van der Waals surface area (Å²) < 4.78 is 35.0. The van der Waals surface area contributed by atoms with Crippen molar-refractivity contribution in [2.24, 2.45) is 0 Å². The van der Waals surface area contributed by atoms with E-state index >= 15 is 0 Å². The smallest absolute Gasteiger partial charge is 0.379 e. The molecule has 6 nitrogen and oxygen atoms in total. The zero-order valence-corrected chi connectivity index (χ0v) is 9.49. The summed E-state index contributed by atoms with van der Waals surface area (Å²) in [4.78, 5) is 4.37. The molecule has 15 heavy (non-hydrogen) atoms. The van der Waals surface area contributed by atoms with Crippen LogP contribution in [0.5, 0.6) is 0 Å². The van der Waals surface area contributed by atoms with Crippen LogP contribution in [0, 0.1) is 0 Å². The SMILES string of the molecule is C=CCOS(=O)(=O)OOCCOCCC. The fraction of sp³-hybridized carbons (Fsp3) is 0.750. The van der Waals surface area contributed by atoms with Crippen LogP contribution in [0.1, 0.15) is 13.3 Å². The van der Waals surface area contributed by atoms with Crippen molar-refractivity contribution in [3.63, 3.8) is 0 Å². The fourth-order valence-corrected chi connectivity index (χ4v) is 1.07. The molecule has 0 aromatic heterocycles. The van der Waals surface area contributed by atoms with E-state index in [1.165, 1.54) is 6.08 Å². The monoisotopic (exact) mass is 240 g/mol. The van der Waals surface area contributed by atoms with Crippen LogP contribution in [0.3, 0.4) is 0 Å². The quantitative estimate of drug-likeness (QED) is 0.243. The molecule has 0 atom stereocenters. The summed E-state index contributed by atoms with van der Waals surface area (Å²) in [6, 6.07) is 0. The summed E-state index contributed by atoms with van der Waals surface area (Å²) >= 11 is 0. The van der Waals surface area contributed by atoms with Crippen molar-refractivity contribution >= 4 is 10.4 Å². The Hall–Kier alpha value is -0.470. The minimum atomic E-state index is -4.09. The molecule has 0 aliphatic heterocycles. The van der Waals surface area contributed by atoms with Crippen LogP contribution in [0.25, 0.3) is 0 Å². The molecule has 7 heteroatoms. The molecule has 0 aliphatic carbocycles. The summed E-state index contributed by atoms with van der Waals surface area (Å²) in [6.07, 6.45) is 2.17. The summed E-state index contributed by atoms with van der Waals surface area (Å²) in [5.41, 5.74) is 0. The lowest BCUT2D eigenvalue weighted by Crippen LogP contribution is -2.13. The predicted molar refractivity (Wildman–Crippen MR) is 53.2 cm³/mol. The molecule has 0 N–H and O–H groups in total. The number of hydrogen-bond donors (Lipinski definition) is 0. The highest BCUT2D eigenvalue weighted by atomic mass is 32.3. The van der Waals surface area contributed by atoms with Gasteiger partial charge in [-0.2, -0.15) is 8.42 Å². The lowest BCUT2D eigenvalue weighted by Gasteiger charge is -2.04. The second-order valence-corrected chi connectivity index (χ2v) is 3.67. The molecule has 0 rings (SSSR count). The number of hydrogen-bond acceptors (Lipinski definition) is 6. The normalized spacial score (nSPS) is 11.5. The molecule has 0 unspecified atom stereocenters. The Labute approximate surface area is 90.0 Å². The Balaban J connectivity index is 3.44. The Bertz CT molecular complexity index is 248. The van der Waals surface area contributed by atoms with Gasteiger partial charge in [-0.25, -0.2) is 9.07 Å². The van der Waals surface area contributed by atoms with Gasteiger partial charge in [-0.15, -0.1) is 6.58 Å². The first-order valence-electron chi connectivity index (χ1n) is 4.51. The van der Waals surface area contributed by atoms with Gasteiger partial charge < -0.3 is 4.74 Å². The minimum Gasteiger partial charge on any atom is -0.379 e. The maximum absolute atomic E-state index is 10.8. The predicted octanol–water partition coefficient (Wildman–Crippen LogP) is 0.809. The van der Waals surface area contributed by atoms with Gasteiger partial charge >= 0.3 is 10.4 Å². The molecular weight excluding hydrogens is 224 g/mol. The average Bonchev–Trinajstić information content (AvgIpc) is 2.20. The zero-order chi connectivity index (χ0) is 11.6. The second-order valence-electron chi connectivity index (χ2n) is 2.48. The van der Waals surface area contributed by atoms with Crippen LogP contribution in [-0.2, 0) is 28.5 Å². The molecule has 0 radical (unpaired) electrons. The van der Waals surface area contributed by atoms with E-state index in [0.29, 0.717) is 6.61 Å². The van der Waals surface area contributed by atoms with Crippen molar-refractivity contribution in [2.45, 2.75) is 13.3 Å². The van der Waals surface area contributed by atoms with Crippen molar-refractivity contribution in [1.82, 2.24) is 0 Å². The summed E-state index contributed by atoms with van der Waals surface area (Å²) in [7, 11) is -4.09. The standard InChI is InChI=1S/C8H16O6S/c1-3-5-11-7-8-12-14-15(9,10)13-6-4-2/h4H,2-3,5-8H2,1H3. The van der Waals surface area contributed by atoms with E-state index in [1.54, 1.807) is 0 Å². The molecule has 0 spiro atoms. The average molecular weight is 240 g/mol. The molecule has 0 saturated carbocycles. The third-order valence-electron chi connectivity index (χ3n) is 1.12. The molecule has 0 bridgehead atoms. The van der Waals surface area contributed by atoms with E-state index in [9.17, 15) is 8.42 Å². The van der Waals surface area contributed by atoms with Gasteiger partial charge in [0.05, 0.1) is 13.2 Å². The molecule has 90 valence electrons. The maximum Gasteiger partial charge on any atom is 0.426 e. The topological polar surface area (TPSA) is 71.1 Å². The van der Waals surface area contributed by atoms with Crippen LogP contribution in [0.15, 0.2) is 12.7 Å². The van der Waals surface area contributed by atoms with Gasteiger partial charge in [0.1, 0.15) is 6.61 Å². The lowest BCUT2D eigenvalue weighted by atomic mass is 10.5. The van der Waals surface area contributed by atoms with Gasteiger partial charge in [-0.3, -0.25) is 0 Å². The summed E-state index contributed by atoms with van der Waals surface area (Å²) in [5.74, 6) is 0. The van der Waals surface area contributed by atoms with Crippen molar-refractivity contribution in [3.8, 4) is 0 Å². The largest absolute Gasteiger partial charge is 0.426 e.